The summed E-state index contributed by atoms with van der Waals surface area (Å²) in [5.41, 5.74) is -0.553. The monoisotopic (exact) mass is 676 g/mol. The van der Waals surface area contributed by atoms with Crippen LogP contribution < -0.4 is 0 Å². The molecule has 16 heteroatoms. The van der Waals surface area contributed by atoms with Gasteiger partial charge in [0.05, 0.1) is 3.42 Å². The number of hydrogen-bond donors (Lipinski definition) is 0. The molecule has 0 aliphatic rings. The molecule has 0 fully saturated rings. The molecule has 0 saturated heterocycles. The van der Waals surface area contributed by atoms with E-state index in [0.29, 0.717) is 0 Å². The SMILES string of the molecule is FC(F)(F)C(F)(F)C(F)(F)C(F)(F)C(F)(F)C(F)(F)C(F)(F)CC(I)(c1ccccc1)c1ccccc1. The highest BCUT2D eigenvalue weighted by atomic mass is 127. The van der Waals surface area contributed by atoms with Crippen molar-refractivity contribution < 1.29 is 65.9 Å². The van der Waals surface area contributed by atoms with Gasteiger partial charge in [-0.1, -0.05) is 83.3 Å². The Morgan fingerprint density at radius 3 is 1.05 bits per heavy atom. The van der Waals surface area contributed by atoms with Crippen LogP contribution in [-0.2, 0) is 3.42 Å². The predicted molar refractivity (Wildman–Crippen MR) is 108 cm³/mol. The number of hydrogen-bond acceptors (Lipinski definition) is 0. The Kier molecular flexibility index (Phi) is 7.96. The number of benzene rings is 2. The van der Waals surface area contributed by atoms with E-state index in [-0.39, 0.29) is 11.1 Å². The molecule has 0 nitrogen and oxygen atoms in total. The third-order valence-corrected chi connectivity index (χ3v) is 6.95. The van der Waals surface area contributed by atoms with Crippen LogP contribution >= 0.6 is 22.6 Å². The zero-order valence-corrected chi connectivity index (χ0v) is 19.7. The molecule has 0 unspecified atom stereocenters. The molecule has 0 N–H and O–H groups in total. The maximum absolute atomic E-state index is 14.8. The van der Waals surface area contributed by atoms with Gasteiger partial charge in [0, 0.05) is 6.42 Å². The van der Waals surface area contributed by atoms with Gasteiger partial charge in [-0.3, -0.25) is 0 Å². The first-order valence-corrected chi connectivity index (χ1v) is 10.6. The van der Waals surface area contributed by atoms with Gasteiger partial charge in [0.2, 0.25) is 0 Å². The van der Waals surface area contributed by atoms with Crippen molar-refractivity contribution in [2.45, 2.75) is 51.6 Å². The van der Waals surface area contributed by atoms with Crippen LogP contribution in [-0.4, -0.2) is 41.7 Å². The summed E-state index contributed by atoms with van der Waals surface area (Å²) in [6.07, 6.45) is -10.1. The van der Waals surface area contributed by atoms with Crippen molar-refractivity contribution in [2.75, 3.05) is 0 Å². The molecule has 0 heterocycles. The smallest absolute Gasteiger partial charge is 0.200 e. The van der Waals surface area contributed by atoms with Crippen molar-refractivity contribution in [2.24, 2.45) is 0 Å². The van der Waals surface area contributed by atoms with Crippen LogP contribution in [0, 0.1) is 0 Å². The molecule has 0 bridgehead atoms. The van der Waals surface area contributed by atoms with Crippen LogP contribution in [0.4, 0.5) is 65.9 Å². The molecule has 37 heavy (non-hydrogen) atoms. The van der Waals surface area contributed by atoms with Crippen LogP contribution in [0.25, 0.3) is 0 Å². The molecule has 208 valence electrons. The Morgan fingerprint density at radius 2 is 0.730 bits per heavy atom. The van der Waals surface area contributed by atoms with Crippen molar-refractivity contribution in [1.29, 1.82) is 0 Å². The lowest BCUT2D eigenvalue weighted by atomic mass is 9.82. The second-order valence-corrected chi connectivity index (χ2v) is 9.63. The molecule has 0 aromatic heterocycles. The van der Waals surface area contributed by atoms with E-state index in [1.807, 2.05) is 0 Å². The average Bonchev–Trinajstić information content (AvgIpc) is 2.78. The summed E-state index contributed by atoms with van der Waals surface area (Å²) in [6.45, 7) is 0. The molecule has 0 radical (unpaired) electrons. The molecule has 2 aromatic carbocycles. The lowest BCUT2D eigenvalue weighted by Gasteiger charge is -2.43. The highest BCUT2D eigenvalue weighted by molar-refractivity contribution is 14.1. The van der Waals surface area contributed by atoms with Gasteiger partial charge in [0.15, 0.2) is 0 Å². The zero-order chi connectivity index (χ0) is 28.9. The van der Waals surface area contributed by atoms with Gasteiger partial charge < -0.3 is 0 Å². The molecule has 0 saturated carbocycles. The fourth-order valence-electron chi connectivity index (χ4n) is 3.19. The Bertz CT molecular complexity index is 1020. The molecule has 2 aromatic rings. The molecule has 0 spiro atoms. The highest BCUT2D eigenvalue weighted by Gasteiger charge is 2.93. The molecule has 2 rings (SSSR count). The molecule has 0 aliphatic heterocycles. The molecular formula is C21H12F15I. The van der Waals surface area contributed by atoms with Gasteiger partial charge in [-0.15, -0.1) is 0 Å². The van der Waals surface area contributed by atoms with E-state index >= 15 is 0 Å². The van der Waals surface area contributed by atoms with Crippen LogP contribution in [0.2, 0.25) is 0 Å². The molecule has 0 atom stereocenters. The van der Waals surface area contributed by atoms with Crippen molar-refractivity contribution in [3.05, 3.63) is 71.8 Å². The number of rotatable bonds is 9. The minimum Gasteiger partial charge on any atom is -0.200 e. The summed E-state index contributed by atoms with van der Waals surface area (Å²) < 4.78 is 201. The average molecular weight is 676 g/mol. The normalized spacial score (nSPS) is 15.1. The van der Waals surface area contributed by atoms with Gasteiger partial charge in [0.25, 0.3) is 0 Å². The van der Waals surface area contributed by atoms with Gasteiger partial charge in [-0.25, -0.2) is 0 Å². The highest BCUT2D eigenvalue weighted by Crippen LogP contribution is 2.64. The van der Waals surface area contributed by atoms with Crippen LogP contribution in [0.3, 0.4) is 0 Å². The molecule has 0 aliphatic carbocycles. The lowest BCUT2D eigenvalue weighted by Crippen LogP contribution is -2.72. The number of halogens is 16. The van der Waals surface area contributed by atoms with Crippen LogP contribution in [0.5, 0.6) is 0 Å². The van der Waals surface area contributed by atoms with Gasteiger partial charge in [-0.2, -0.15) is 65.9 Å². The Balaban J connectivity index is 2.66. The summed E-state index contributed by atoms with van der Waals surface area (Å²) in [6, 6.07) is 11.7. The quantitative estimate of drug-likeness (QED) is 0.141. The standard InChI is InChI=1S/C21H12F15I/c22-15(23,11-14(37,12-7-3-1-4-8-12)13-9-5-2-6-10-13)16(24,25)17(26,27)18(28,29)19(30,31)20(32,33)21(34,35)36/h1-10H,11H2. The summed E-state index contributed by atoms with van der Waals surface area (Å²) >= 11 is 1.10. The summed E-state index contributed by atoms with van der Waals surface area (Å²) in [7, 11) is 0. The van der Waals surface area contributed by atoms with E-state index in [4.69, 9.17) is 0 Å². The van der Waals surface area contributed by atoms with Crippen molar-refractivity contribution in [3.63, 3.8) is 0 Å². The topological polar surface area (TPSA) is 0 Å². The maximum Gasteiger partial charge on any atom is 0.460 e. The van der Waals surface area contributed by atoms with E-state index < -0.39 is 51.6 Å². The van der Waals surface area contributed by atoms with Crippen molar-refractivity contribution in [3.8, 4) is 0 Å². The Morgan fingerprint density at radius 1 is 0.432 bits per heavy atom. The summed E-state index contributed by atoms with van der Waals surface area (Å²) in [5, 5.41) is 0. The van der Waals surface area contributed by atoms with E-state index in [0.717, 1.165) is 46.9 Å². The van der Waals surface area contributed by atoms with E-state index in [9.17, 15) is 65.9 Å². The lowest BCUT2D eigenvalue weighted by molar-refractivity contribution is -0.452. The number of alkyl halides is 16. The first kappa shape index (κ1) is 31.3. The van der Waals surface area contributed by atoms with Gasteiger partial charge in [0.1, 0.15) is 0 Å². The largest absolute Gasteiger partial charge is 0.460 e. The van der Waals surface area contributed by atoms with E-state index in [1.165, 1.54) is 36.4 Å². The fraction of sp³-hybridized carbons (Fsp3) is 0.429. The van der Waals surface area contributed by atoms with Crippen molar-refractivity contribution in [1.82, 2.24) is 0 Å². The van der Waals surface area contributed by atoms with Gasteiger partial charge in [-0.05, 0) is 11.1 Å². The van der Waals surface area contributed by atoms with E-state index in [1.54, 1.807) is 0 Å². The van der Waals surface area contributed by atoms with Crippen LogP contribution in [0.1, 0.15) is 17.5 Å². The summed E-state index contributed by atoms with van der Waals surface area (Å²) in [4.78, 5) is 0. The van der Waals surface area contributed by atoms with Crippen molar-refractivity contribution >= 4 is 22.6 Å². The minimum absolute atomic E-state index is 0.277. The minimum atomic E-state index is -8.31. The molecule has 0 amide bonds. The summed E-state index contributed by atoms with van der Waals surface area (Å²) in [5.74, 6) is -46.6. The third-order valence-electron chi connectivity index (χ3n) is 5.32. The maximum atomic E-state index is 14.8. The first-order valence-electron chi connectivity index (χ1n) is 9.55. The predicted octanol–water partition coefficient (Wildman–Crippen LogP) is 9.13. The third kappa shape index (κ3) is 4.75. The second kappa shape index (κ2) is 9.39. The molecular weight excluding hydrogens is 664 g/mol. The van der Waals surface area contributed by atoms with E-state index in [2.05, 4.69) is 0 Å². The zero-order valence-electron chi connectivity index (χ0n) is 17.5. The van der Waals surface area contributed by atoms with Gasteiger partial charge >= 0.3 is 41.7 Å². The Labute approximate surface area is 212 Å². The van der Waals surface area contributed by atoms with Crippen LogP contribution in [0.15, 0.2) is 60.7 Å². The first-order chi connectivity index (χ1) is 16.4. The Hall–Kier alpha value is -1.88. The fourth-order valence-corrected chi connectivity index (χ4v) is 4.39. The second-order valence-electron chi connectivity index (χ2n) is 7.78.